The van der Waals surface area contributed by atoms with E-state index >= 15 is 0 Å². The SMILES string of the molecule is CC1(C)CCCC1(O)Cc1ccccc1F. The zero-order valence-electron chi connectivity index (χ0n) is 9.96. The molecule has 1 atom stereocenters. The number of benzene rings is 1. The molecule has 1 nitrogen and oxygen atoms in total. The van der Waals surface area contributed by atoms with Gasteiger partial charge >= 0.3 is 0 Å². The number of hydrogen-bond donors (Lipinski definition) is 1. The first-order valence-corrected chi connectivity index (χ1v) is 5.90. The average molecular weight is 222 g/mol. The minimum Gasteiger partial charge on any atom is -0.389 e. The smallest absolute Gasteiger partial charge is 0.126 e. The first-order chi connectivity index (χ1) is 7.45. The fourth-order valence-corrected chi connectivity index (χ4v) is 2.68. The number of halogens is 1. The molecule has 1 unspecified atom stereocenters. The van der Waals surface area contributed by atoms with Crippen LogP contribution in [0, 0.1) is 11.2 Å². The van der Waals surface area contributed by atoms with Gasteiger partial charge in [-0.05, 0) is 36.3 Å². The quantitative estimate of drug-likeness (QED) is 0.814. The zero-order valence-corrected chi connectivity index (χ0v) is 9.96. The Morgan fingerprint density at radius 2 is 1.94 bits per heavy atom. The van der Waals surface area contributed by atoms with Crippen LogP contribution in [0.1, 0.15) is 38.7 Å². The molecule has 0 aromatic heterocycles. The molecule has 0 aliphatic heterocycles. The van der Waals surface area contributed by atoms with E-state index in [1.54, 1.807) is 12.1 Å². The second-order valence-corrected chi connectivity index (χ2v) is 5.54. The van der Waals surface area contributed by atoms with Crippen LogP contribution in [0.25, 0.3) is 0 Å². The summed E-state index contributed by atoms with van der Waals surface area (Å²) in [6, 6.07) is 6.73. The molecule has 1 aromatic carbocycles. The zero-order chi connectivity index (χ0) is 11.8. The summed E-state index contributed by atoms with van der Waals surface area (Å²) < 4.78 is 13.6. The fourth-order valence-electron chi connectivity index (χ4n) is 2.68. The van der Waals surface area contributed by atoms with Crippen LogP contribution in [0.15, 0.2) is 24.3 Å². The van der Waals surface area contributed by atoms with E-state index in [0.29, 0.717) is 12.0 Å². The fraction of sp³-hybridized carbons (Fsp3) is 0.571. The van der Waals surface area contributed by atoms with Crippen molar-refractivity contribution in [3.63, 3.8) is 0 Å². The molecule has 0 bridgehead atoms. The van der Waals surface area contributed by atoms with Gasteiger partial charge in [0.2, 0.25) is 0 Å². The Morgan fingerprint density at radius 3 is 2.50 bits per heavy atom. The van der Waals surface area contributed by atoms with Crippen molar-refractivity contribution in [3.8, 4) is 0 Å². The predicted octanol–water partition coefficient (Wildman–Crippen LogP) is 3.31. The second-order valence-electron chi connectivity index (χ2n) is 5.54. The number of rotatable bonds is 2. The van der Waals surface area contributed by atoms with Gasteiger partial charge in [-0.15, -0.1) is 0 Å². The van der Waals surface area contributed by atoms with Crippen molar-refractivity contribution in [1.29, 1.82) is 0 Å². The standard InChI is InChI=1S/C14H19FO/c1-13(2)8-5-9-14(13,16)10-11-6-3-4-7-12(11)15/h3-4,6-7,16H,5,8-10H2,1-2H3. The maximum atomic E-state index is 13.6. The van der Waals surface area contributed by atoms with Crippen LogP contribution in [-0.2, 0) is 6.42 Å². The maximum absolute atomic E-state index is 13.6. The summed E-state index contributed by atoms with van der Waals surface area (Å²) >= 11 is 0. The maximum Gasteiger partial charge on any atom is 0.126 e. The molecule has 1 saturated carbocycles. The highest BCUT2D eigenvalue weighted by atomic mass is 19.1. The van der Waals surface area contributed by atoms with E-state index in [1.165, 1.54) is 6.07 Å². The number of hydrogen-bond acceptors (Lipinski definition) is 1. The summed E-state index contributed by atoms with van der Waals surface area (Å²) in [6.07, 6.45) is 3.23. The van der Waals surface area contributed by atoms with Crippen LogP contribution in [0.4, 0.5) is 4.39 Å². The first-order valence-electron chi connectivity index (χ1n) is 5.90. The van der Waals surface area contributed by atoms with Crippen LogP contribution in [0.3, 0.4) is 0 Å². The molecule has 0 saturated heterocycles. The average Bonchev–Trinajstić information content (AvgIpc) is 2.45. The van der Waals surface area contributed by atoms with Crippen molar-refractivity contribution in [1.82, 2.24) is 0 Å². The van der Waals surface area contributed by atoms with Crippen LogP contribution >= 0.6 is 0 Å². The molecule has 1 aliphatic carbocycles. The summed E-state index contributed by atoms with van der Waals surface area (Å²) in [6.45, 7) is 4.14. The van der Waals surface area contributed by atoms with Gasteiger partial charge < -0.3 is 5.11 Å². The van der Waals surface area contributed by atoms with Crippen molar-refractivity contribution in [3.05, 3.63) is 35.6 Å². The highest BCUT2D eigenvalue weighted by molar-refractivity contribution is 5.21. The summed E-state index contributed by atoms with van der Waals surface area (Å²) in [5, 5.41) is 10.6. The Labute approximate surface area is 96.3 Å². The van der Waals surface area contributed by atoms with Crippen molar-refractivity contribution >= 4 is 0 Å². The third-order valence-corrected chi connectivity index (χ3v) is 4.09. The topological polar surface area (TPSA) is 20.2 Å². The lowest BCUT2D eigenvalue weighted by molar-refractivity contribution is -0.0425. The first kappa shape index (κ1) is 11.6. The van der Waals surface area contributed by atoms with Gasteiger partial charge in [-0.1, -0.05) is 32.0 Å². The molecule has 1 N–H and O–H groups in total. The lowest BCUT2D eigenvalue weighted by atomic mass is 9.74. The number of aliphatic hydroxyl groups is 1. The molecule has 0 radical (unpaired) electrons. The van der Waals surface area contributed by atoms with Crippen molar-refractivity contribution in [2.24, 2.45) is 5.41 Å². The molecule has 88 valence electrons. The van der Waals surface area contributed by atoms with Crippen molar-refractivity contribution in [2.45, 2.75) is 45.1 Å². The summed E-state index contributed by atoms with van der Waals surface area (Å²) in [5.41, 5.74) is -0.246. The molecule has 2 rings (SSSR count). The molecular formula is C14H19FO. The molecule has 1 aromatic rings. The van der Waals surface area contributed by atoms with Crippen LogP contribution in [-0.4, -0.2) is 10.7 Å². The van der Waals surface area contributed by atoms with E-state index in [-0.39, 0.29) is 11.2 Å². The van der Waals surface area contributed by atoms with Gasteiger partial charge in [0.05, 0.1) is 5.60 Å². The molecule has 1 fully saturated rings. The third-order valence-electron chi connectivity index (χ3n) is 4.09. The normalized spacial score (nSPS) is 28.2. The Balaban J connectivity index is 2.25. The Kier molecular flexibility index (Phi) is 2.79. The van der Waals surface area contributed by atoms with E-state index in [1.807, 2.05) is 6.07 Å². The molecule has 0 heterocycles. The summed E-state index contributed by atoms with van der Waals surface area (Å²) in [4.78, 5) is 0. The van der Waals surface area contributed by atoms with Gasteiger partial charge in [0.15, 0.2) is 0 Å². The Bertz CT molecular complexity index is 386. The Morgan fingerprint density at radius 1 is 1.25 bits per heavy atom. The van der Waals surface area contributed by atoms with E-state index < -0.39 is 5.60 Å². The Hall–Kier alpha value is -0.890. The molecule has 2 heteroatoms. The minimum atomic E-state index is -0.755. The van der Waals surface area contributed by atoms with E-state index in [2.05, 4.69) is 13.8 Å². The van der Waals surface area contributed by atoms with Crippen molar-refractivity contribution < 1.29 is 9.50 Å². The highest BCUT2D eigenvalue weighted by Crippen LogP contribution is 2.47. The molecule has 16 heavy (non-hydrogen) atoms. The van der Waals surface area contributed by atoms with Gasteiger partial charge in [-0.2, -0.15) is 0 Å². The van der Waals surface area contributed by atoms with E-state index in [0.717, 1.165) is 19.3 Å². The second kappa shape index (κ2) is 3.85. The highest BCUT2D eigenvalue weighted by Gasteiger charge is 2.47. The summed E-state index contributed by atoms with van der Waals surface area (Å²) in [5.74, 6) is -0.210. The van der Waals surface area contributed by atoms with Gasteiger partial charge in [-0.25, -0.2) is 4.39 Å². The lowest BCUT2D eigenvalue weighted by Gasteiger charge is -2.37. The molecule has 0 amide bonds. The van der Waals surface area contributed by atoms with Gasteiger partial charge in [0, 0.05) is 6.42 Å². The molecule has 1 aliphatic rings. The largest absolute Gasteiger partial charge is 0.389 e. The van der Waals surface area contributed by atoms with Crippen molar-refractivity contribution in [2.75, 3.05) is 0 Å². The molecule has 0 spiro atoms. The van der Waals surface area contributed by atoms with Crippen LogP contribution in [0.5, 0.6) is 0 Å². The monoisotopic (exact) mass is 222 g/mol. The van der Waals surface area contributed by atoms with Gasteiger partial charge in [-0.3, -0.25) is 0 Å². The van der Waals surface area contributed by atoms with Gasteiger partial charge in [0.1, 0.15) is 5.82 Å². The molecular weight excluding hydrogens is 203 g/mol. The third kappa shape index (κ3) is 1.86. The van der Waals surface area contributed by atoms with E-state index in [9.17, 15) is 9.50 Å². The van der Waals surface area contributed by atoms with Gasteiger partial charge in [0.25, 0.3) is 0 Å². The summed E-state index contributed by atoms with van der Waals surface area (Å²) in [7, 11) is 0. The lowest BCUT2D eigenvalue weighted by Crippen LogP contribution is -2.42. The van der Waals surface area contributed by atoms with E-state index in [4.69, 9.17) is 0 Å². The van der Waals surface area contributed by atoms with Crippen LogP contribution in [0.2, 0.25) is 0 Å². The predicted molar refractivity (Wildman–Crippen MR) is 62.7 cm³/mol. The minimum absolute atomic E-state index is 0.116. The van der Waals surface area contributed by atoms with Crippen LogP contribution < -0.4 is 0 Å².